The summed E-state index contributed by atoms with van der Waals surface area (Å²) in [5.74, 6) is 1.48. The number of fused-ring (bicyclic) bond motifs is 1. The lowest BCUT2D eigenvalue weighted by atomic mass is 10.3. The third kappa shape index (κ3) is 3.52. The largest absolute Gasteiger partial charge is 0.357 e. The van der Waals surface area contributed by atoms with Gasteiger partial charge in [0.2, 0.25) is 0 Å². The molecule has 136 valence electrons. The molecule has 0 bridgehead atoms. The molecule has 0 saturated carbocycles. The number of anilines is 2. The van der Waals surface area contributed by atoms with E-state index in [-0.39, 0.29) is 0 Å². The van der Waals surface area contributed by atoms with Crippen LogP contribution in [0.15, 0.2) is 48.9 Å². The highest BCUT2D eigenvalue weighted by Gasteiger charge is 2.11. The van der Waals surface area contributed by atoms with E-state index >= 15 is 0 Å². The summed E-state index contributed by atoms with van der Waals surface area (Å²) in [6.07, 6.45) is 3.17. The molecule has 0 atom stereocenters. The van der Waals surface area contributed by atoms with Gasteiger partial charge in [0.25, 0.3) is 10.0 Å². The minimum Gasteiger partial charge on any atom is -0.357 e. The fourth-order valence-corrected chi connectivity index (χ4v) is 3.19. The Kier molecular flexibility index (Phi) is 4.90. The molecule has 2 heterocycles. The molecule has 3 rings (SSSR count). The summed E-state index contributed by atoms with van der Waals surface area (Å²) in [4.78, 5) is 15.1. The molecule has 3 aromatic rings. The van der Waals surface area contributed by atoms with Crippen LogP contribution in [0, 0.1) is 0 Å². The fourth-order valence-electron chi connectivity index (χ4n) is 2.65. The maximum Gasteiger partial charge on any atom is 0.254 e. The van der Waals surface area contributed by atoms with Crippen LogP contribution in [0.2, 0.25) is 0 Å². The van der Waals surface area contributed by atoms with Crippen molar-refractivity contribution < 1.29 is 8.42 Å². The normalized spacial score (nSPS) is 11.5. The summed E-state index contributed by atoms with van der Waals surface area (Å²) in [7, 11) is -3.57. The van der Waals surface area contributed by atoms with Gasteiger partial charge in [0.15, 0.2) is 0 Å². The number of benzene rings is 1. The second-order valence-corrected chi connectivity index (χ2v) is 7.17. The minimum atomic E-state index is -3.57. The molecule has 2 aromatic heterocycles. The van der Waals surface area contributed by atoms with Crippen molar-refractivity contribution in [2.75, 3.05) is 22.7 Å². The molecule has 0 radical (unpaired) electrons. The van der Waals surface area contributed by atoms with Gasteiger partial charge in [-0.3, -0.25) is 9.29 Å². The first-order valence-electron chi connectivity index (χ1n) is 8.17. The van der Waals surface area contributed by atoms with Crippen LogP contribution in [0.3, 0.4) is 0 Å². The van der Waals surface area contributed by atoms with E-state index in [9.17, 15) is 8.42 Å². The monoisotopic (exact) mass is 372 g/mol. The van der Waals surface area contributed by atoms with E-state index in [4.69, 9.17) is 0 Å². The molecule has 0 saturated heterocycles. The van der Waals surface area contributed by atoms with Crippen molar-refractivity contribution in [1.82, 2.24) is 19.5 Å². The predicted octanol–water partition coefficient (Wildman–Crippen LogP) is 2.55. The molecule has 8 nitrogen and oxygen atoms in total. The van der Waals surface area contributed by atoms with Gasteiger partial charge in [-0.1, -0.05) is 6.58 Å². The lowest BCUT2D eigenvalue weighted by Gasteiger charge is -2.19. The minimum absolute atomic E-state index is 0.428. The van der Waals surface area contributed by atoms with Crippen LogP contribution in [0.5, 0.6) is 0 Å². The van der Waals surface area contributed by atoms with Crippen LogP contribution in [0.1, 0.15) is 13.8 Å². The number of nitrogens with one attached hydrogen (secondary N) is 1. The van der Waals surface area contributed by atoms with Crippen molar-refractivity contribution in [2.24, 2.45) is 0 Å². The average Bonchev–Trinajstić information content (AvgIpc) is 3.06. The summed E-state index contributed by atoms with van der Waals surface area (Å²) < 4.78 is 27.7. The number of rotatable bonds is 7. The summed E-state index contributed by atoms with van der Waals surface area (Å²) in [6.45, 7) is 9.11. The summed E-state index contributed by atoms with van der Waals surface area (Å²) in [5, 5.41) is 0.870. The highest BCUT2D eigenvalue weighted by Crippen LogP contribution is 2.23. The first-order chi connectivity index (χ1) is 12.5. The van der Waals surface area contributed by atoms with E-state index in [1.165, 1.54) is 6.33 Å². The van der Waals surface area contributed by atoms with Crippen molar-refractivity contribution in [3.63, 3.8) is 0 Å². The quantitative estimate of drug-likeness (QED) is 0.685. The Morgan fingerprint density at radius 3 is 2.65 bits per heavy atom. The zero-order valence-electron chi connectivity index (χ0n) is 14.6. The molecular weight excluding hydrogens is 352 g/mol. The molecule has 9 heteroatoms. The van der Waals surface area contributed by atoms with Gasteiger partial charge in [-0.25, -0.2) is 23.4 Å². The van der Waals surface area contributed by atoms with Crippen LogP contribution in [-0.4, -0.2) is 41.0 Å². The number of sulfonamides is 1. The van der Waals surface area contributed by atoms with Crippen LogP contribution < -0.4 is 9.62 Å². The van der Waals surface area contributed by atoms with Gasteiger partial charge in [0.05, 0.1) is 16.7 Å². The highest BCUT2D eigenvalue weighted by atomic mass is 32.2. The molecule has 0 aliphatic carbocycles. The van der Waals surface area contributed by atoms with Gasteiger partial charge in [0, 0.05) is 24.6 Å². The van der Waals surface area contributed by atoms with Crippen molar-refractivity contribution in [3.05, 3.63) is 48.9 Å². The Balaban J connectivity index is 2.06. The molecule has 26 heavy (non-hydrogen) atoms. The van der Waals surface area contributed by atoms with Crippen molar-refractivity contribution in [2.45, 2.75) is 13.8 Å². The Hall–Kier alpha value is -2.94. The van der Waals surface area contributed by atoms with Crippen LogP contribution in [0.25, 0.3) is 16.9 Å². The van der Waals surface area contributed by atoms with Gasteiger partial charge < -0.3 is 4.90 Å². The smallest absolute Gasteiger partial charge is 0.254 e. The summed E-state index contributed by atoms with van der Waals surface area (Å²) in [5.41, 5.74) is 1.89. The molecule has 0 amide bonds. The molecule has 0 aliphatic rings. The SMILES string of the molecule is C=CS(=O)(=O)Nc1ccc2ncn(-c3cc(N(CC)CC)ncn3)c2c1. The highest BCUT2D eigenvalue weighted by molar-refractivity contribution is 7.95. The first kappa shape index (κ1) is 17.9. The Bertz CT molecular complexity index is 1040. The second kappa shape index (κ2) is 7.12. The fraction of sp³-hybridized carbons (Fsp3) is 0.235. The van der Waals surface area contributed by atoms with E-state index in [0.717, 1.165) is 35.3 Å². The number of imidazole rings is 1. The van der Waals surface area contributed by atoms with E-state index in [1.54, 1.807) is 29.1 Å². The topological polar surface area (TPSA) is 93.0 Å². The molecule has 0 spiro atoms. The molecule has 0 unspecified atom stereocenters. The van der Waals surface area contributed by atoms with Gasteiger partial charge in [-0.05, 0) is 32.0 Å². The number of hydrogen-bond donors (Lipinski definition) is 1. The molecule has 1 aromatic carbocycles. The molecule has 0 fully saturated rings. The predicted molar refractivity (Wildman–Crippen MR) is 103 cm³/mol. The van der Waals surface area contributed by atoms with Crippen molar-refractivity contribution in [3.8, 4) is 5.82 Å². The Morgan fingerprint density at radius 1 is 1.19 bits per heavy atom. The van der Waals surface area contributed by atoms with Crippen molar-refractivity contribution in [1.29, 1.82) is 0 Å². The van der Waals surface area contributed by atoms with Crippen LogP contribution in [0.4, 0.5) is 11.5 Å². The van der Waals surface area contributed by atoms with Gasteiger partial charge in [0.1, 0.15) is 24.3 Å². The number of hydrogen-bond acceptors (Lipinski definition) is 6. The summed E-state index contributed by atoms with van der Waals surface area (Å²) >= 11 is 0. The molecular formula is C17H20N6O2S. The van der Waals surface area contributed by atoms with Crippen molar-refractivity contribution >= 4 is 32.6 Å². The third-order valence-electron chi connectivity index (χ3n) is 4.00. The maximum absolute atomic E-state index is 11.7. The standard InChI is InChI=1S/C17H20N6O2S/c1-4-22(5-2)16-10-17(19-11-18-16)23-12-20-14-8-7-13(9-15(14)23)21-26(24,25)6-3/h6-12,21H,3-5H2,1-2H3. The number of nitrogens with zero attached hydrogens (tertiary/aromatic N) is 5. The van der Waals surface area contributed by atoms with Gasteiger partial charge >= 0.3 is 0 Å². The first-order valence-corrected chi connectivity index (χ1v) is 9.71. The molecule has 1 N–H and O–H groups in total. The van der Waals surface area contributed by atoms with Crippen LogP contribution >= 0.6 is 0 Å². The maximum atomic E-state index is 11.7. The van der Waals surface area contributed by atoms with E-state index in [1.807, 2.05) is 6.07 Å². The van der Waals surface area contributed by atoms with E-state index < -0.39 is 10.0 Å². The van der Waals surface area contributed by atoms with Gasteiger partial charge in [-0.2, -0.15) is 0 Å². The lowest BCUT2D eigenvalue weighted by Crippen LogP contribution is -2.23. The van der Waals surface area contributed by atoms with Crippen LogP contribution in [-0.2, 0) is 10.0 Å². The zero-order chi connectivity index (χ0) is 18.7. The Labute approximate surface area is 152 Å². The average molecular weight is 372 g/mol. The zero-order valence-corrected chi connectivity index (χ0v) is 15.4. The van der Waals surface area contributed by atoms with Gasteiger partial charge in [-0.15, -0.1) is 0 Å². The third-order valence-corrected chi connectivity index (χ3v) is 4.96. The number of aromatic nitrogens is 4. The Morgan fingerprint density at radius 2 is 1.96 bits per heavy atom. The van der Waals surface area contributed by atoms with E-state index in [2.05, 4.69) is 45.0 Å². The molecule has 0 aliphatic heterocycles. The van der Waals surface area contributed by atoms with E-state index in [0.29, 0.717) is 11.5 Å². The lowest BCUT2D eigenvalue weighted by molar-refractivity contribution is 0.609. The summed E-state index contributed by atoms with van der Waals surface area (Å²) in [6, 6.07) is 7.00. The second-order valence-electron chi connectivity index (χ2n) is 5.54.